The Balaban J connectivity index is 1.70. The van der Waals surface area contributed by atoms with Crippen LogP contribution in [-0.4, -0.2) is 37.9 Å². The van der Waals surface area contributed by atoms with Crippen LogP contribution < -0.4 is 10.1 Å². The summed E-state index contributed by atoms with van der Waals surface area (Å²) < 4.78 is 17.1. The van der Waals surface area contributed by atoms with Crippen molar-refractivity contribution in [1.29, 1.82) is 0 Å². The van der Waals surface area contributed by atoms with Gasteiger partial charge in [0.1, 0.15) is 22.7 Å². The van der Waals surface area contributed by atoms with Crippen LogP contribution in [0.2, 0.25) is 0 Å². The van der Waals surface area contributed by atoms with Crippen LogP contribution in [0.15, 0.2) is 58.6 Å². The number of rotatable bonds is 3. The number of hydrogen-bond acceptors (Lipinski definition) is 5. The van der Waals surface area contributed by atoms with Crippen molar-refractivity contribution in [3.8, 4) is 17.6 Å². The standard InChI is InChI=1S/C34H42N2O4/c1-8-23(9-10-24-11-12-24)19-28-22(2)21-33(17-15-25(38-6)16-18-33)34(28)29-20-26(39-7)13-14-27(29)30(36-34)35-31(37)40-32(3,4)5/h8,13-14,19-20,24-25H,2,11-12,15-18,21H2,1,3-7H3,(H,35,36,37)/b23-8-,28-19+. The highest BCUT2D eigenvalue weighted by atomic mass is 16.6. The molecule has 1 aliphatic heterocycles. The van der Waals surface area contributed by atoms with Gasteiger partial charge in [-0.2, -0.15) is 0 Å². The van der Waals surface area contributed by atoms with E-state index in [1.54, 1.807) is 14.2 Å². The third-order valence-electron chi connectivity index (χ3n) is 8.69. The van der Waals surface area contributed by atoms with Crippen molar-refractivity contribution in [3.05, 3.63) is 64.8 Å². The molecule has 1 amide bonds. The largest absolute Gasteiger partial charge is 0.497 e. The summed E-state index contributed by atoms with van der Waals surface area (Å²) in [6.45, 7) is 12.2. The van der Waals surface area contributed by atoms with Gasteiger partial charge < -0.3 is 14.2 Å². The first-order chi connectivity index (χ1) is 19.0. The second-order valence-electron chi connectivity index (χ2n) is 12.6. The van der Waals surface area contributed by atoms with E-state index in [-0.39, 0.29) is 11.5 Å². The lowest BCUT2D eigenvalue weighted by Crippen LogP contribution is -2.44. The Morgan fingerprint density at radius 3 is 2.50 bits per heavy atom. The topological polar surface area (TPSA) is 69.2 Å². The molecule has 3 fully saturated rings. The molecular formula is C34H42N2O4. The Labute approximate surface area is 239 Å². The number of aliphatic imine (C=N–C) groups is 1. The molecule has 1 aromatic carbocycles. The number of amidine groups is 1. The Hall–Kier alpha value is -3.30. The average Bonchev–Trinajstić information content (AvgIpc) is 3.65. The molecule has 6 heteroatoms. The fourth-order valence-electron chi connectivity index (χ4n) is 6.61. The Morgan fingerprint density at radius 1 is 1.18 bits per heavy atom. The average molecular weight is 543 g/mol. The fraction of sp³-hybridized carbons (Fsp3) is 0.529. The SMILES string of the molecule is C=C1CC2(CCC(OC)CC2)C2(N=C(NC(=O)OC(C)(C)C)c3ccc(OC)cc32)/C1=C/C(C#CC1CC1)=C\C. The maximum atomic E-state index is 13.0. The number of allylic oxidation sites excluding steroid dienone is 3. The van der Waals surface area contributed by atoms with Crippen LogP contribution in [0.25, 0.3) is 0 Å². The van der Waals surface area contributed by atoms with Crippen molar-refractivity contribution in [2.45, 2.75) is 89.9 Å². The molecular weight excluding hydrogens is 500 g/mol. The molecule has 1 heterocycles. The van der Waals surface area contributed by atoms with Gasteiger partial charge in [-0.15, -0.1) is 0 Å². The zero-order valence-electron chi connectivity index (χ0n) is 24.8. The molecule has 3 saturated carbocycles. The highest BCUT2D eigenvalue weighted by molar-refractivity contribution is 6.10. The third kappa shape index (κ3) is 5.12. The number of nitrogens with zero attached hydrogens (tertiary/aromatic N) is 1. The molecule has 6 nitrogen and oxygen atoms in total. The number of ether oxygens (including phenoxy) is 3. The maximum absolute atomic E-state index is 13.0. The summed E-state index contributed by atoms with van der Waals surface area (Å²) >= 11 is 0. The number of amides is 1. The predicted molar refractivity (Wildman–Crippen MR) is 158 cm³/mol. The second-order valence-corrected chi connectivity index (χ2v) is 12.6. The van der Waals surface area contributed by atoms with Gasteiger partial charge in [-0.3, -0.25) is 10.3 Å². The summed E-state index contributed by atoms with van der Waals surface area (Å²) in [5, 5.41) is 3.00. The number of fused-ring (bicyclic) bond motifs is 3. The van der Waals surface area contributed by atoms with Crippen LogP contribution in [0.4, 0.5) is 4.79 Å². The second kappa shape index (κ2) is 10.6. The van der Waals surface area contributed by atoms with E-state index in [2.05, 4.69) is 42.0 Å². The Kier molecular flexibility index (Phi) is 7.48. The molecule has 1 atom stereocenters. The molecule has 1 N–H and O–H groups in total. The summed E-state index contributed by atoms with van der Waals surface area (Å²) in [6.07, 6.45) is 10.9. The summed E-state index contributed by atoms with van der Waals surface area (Å²) in [5.74, 6) is 8.61. The van der Waals surface area contributed by atoms with Crippen molar-refractivity contribution < 1.29 is 19.0 Å². The van der Waals surface area contributed by atoms with Gasteiger partial charge in [0.25, 0.3) is 0 Å². The highest BCUT2D eigenvalue weighted by Gasteiger charge is 2.63. The molecule has 40 heavy (non-hydrogen) atoms. The summed E-state index contributed by atoms with van der Waals surface area (Å²) in [6, 6.07) is 6.00. The van der Waals surface area contributed by atoms with Crippen LogP contribution >= 0.6 is 0 Å². The Morgan fingerprint density at radius 2 is 1.90 bits per heavy atom. The first-order valence-electron chi connectivity index (χ1n) is 14.4. The summed E-state index contributed by atoms with van der Waals surface area (Å²) in [7, 11) is 3.48. The zero-order chi connectivity index (χ0) is 28.7. The van der Waals surface area contributed by atoms with Crippen LogP contribution in [0.1, 0.15) is 83.8 Å². The van der Waals surface area contributed by atoms with Gasteiger partial charge in [-0.25, -0.2) is 4.79 Å². The van der Waals surface area contributed by atoms with Gasteiger partial charge in [0.05, 0.1) is 13.2 Å². The van der Waals surface area contributed by atoms with Gasteiger partial charge in [0.2, 0.25) is 0 Å². The Bertz CT molecular complexity index is 1350. The first-order valence-corrected chi connectivity index (χ1v) is 14.4. The van der Waals surface area contributed by atoms with Gasteiger partial charge in [0, 0.05) is 29.6 Å². The lowest BCUT2D eigenvalue weighted by molar-refractivity contribution is 0.00824. The van der Waals surface area contributed by atoms with Crippen molar-refractivity contribution in [3.63, 3.8) is 0 Å². The van der Waals surface area contributed by atoms with Crippen molar-refractivity contribution in [2.24, 2.45) is 16.3 Å². The smallest absolute Gasteiger partial charge is 0.413 e. The van der Waals surface area contributed by atoms with Gasteiger partial charge in [-0.05, 0) is 114 Å². The highest BCUT2D eigenvalue weighted by Crippen LogP contribution is 2.68. The van der Waals surface area contributed by atoms with Crippen molar-refractivity contribution in [2.75, 3.05) is 14.2 Å². The third-order valence-corrected chi connectivity index (χ3v) is 8.69. The fourth-order valence-corrected chi connectivity index (χ4v) is 6.61. The molecule has 1 unspecified atom stereocenters. The minimum absolute atomic E-state index is 0.216. The predicted octanol–water partition coefficient (Wildman–Crippen LogP) is 7.00. The van der Waals surface area contributed by atoms with E-state index in [0.29, 0.717) is 11.8 Å². The lowest BCUT2D eigenvalue weighted by atomic mass is 9.60. The van der Waals surface area contributed by atoms with Crippen LogP contribution in [0, 0.1) is 23.2 Å². The van der Waals surface area contributed by atoms with E-state index in [1.807, 2.05) is 39.8 Å². The summed E-state index contributed by atoms with van der Waals surface area (Å²) in [5.41, 5.74) is 3.43. The number of hydrogen-bond donors (Lipinski definition) is 1. The zero-order valence-corrected chi connectivity index (χ0v) is 24.8. The molecule has 2 spiro atoms. The lowest BCUT2D eigenvalue weighted by Gasteiger charge is -2.46. The monoisotopic (exact) mass is 542 g/mol. The molecule has 4 aliphatic rings. The van der Waals surface area contributed by atoms with E-state index in [1.165, 1.54) is 12.8 Å². The number of methoxy groups -OCH3 is 2. The van der Waals surface area contributed by atoms with Crippen molar-refractivity contribution >= 4 is 11.9 Å². The molecule has 0 saturated heterocycles. The summed E-state index contributed by atoms with van der Waals surface area (Å²) in [4.78, 5) is 18.5. The number of alkyl carbamates (subject to hydrolysis) is 1. The number of carbonyl (C=O) groups excluding carboxylic acids is 1. The van der Waals surface area contributed by atoms with E-state index in [0.717, 1.165) is 65.7 Å². The van der Waals surface area contributed by atoms with Crippen LogP contribution in [0.5, 0.6) is 5.75 Å². The van der Waals surface area contributed by atoms with Crippen LogP contribution in [0.3, 0.4) is 0 Å². The first kappa shape index (κ1) is 28.2. The van der Waals surface area contributed by atoms with E-state index in [4.69, 9.17) is 19.2 Å². The molecule has 0 bridgehead atoms. The molecule has 3 aliphatic carbocycles. The van der Waals surface area contributed by atoms with Gasteiger partial charge >= 0.3 is 6.09 Å². The van der Waals surface area contributed by atoms with E-state index in [9.17, 15) is 4.79 Å². The van der Waals surface area contributed by atoms with Crippen molar-refractivity contribution in [1.82, 2.24) is 5.32 Å². The maximum Gasteiger partial charge on any atom is 0.413 e. The quantitative estimate of drug-likeness (QED) is 0.418. The minimum atomic E-state index is -0.744. The molecule has 212 valence electrons. The van der Waals surface area contributed by atoms with E-state index >= 15 is 0 Å². The van der Waals surface area contributed by atoms with E-state index < -0.39 is 17.2 Å². The number of nitrogens with one attached hydrogen (secondary N) is 1. The van der Waals surface area contributed by atoms with Gasteiger partial charge in [-0.1, -0.05) is 24.5 Å². The minimum Gasteiger partial charge on any atom is -0.497 e. The molecule has 0 aromatic heterocycles. The molecule has 5 rings (SSSR count). The van der Waals surface area contributed by atoms with Gasteiger partial charge in [0.15, 0.2) is 0 Å². The number of benzene rings is 1. The molecule has 0 radical (unpaired) electrons. The molecule has 1 aromatic rings. The van der Waals surface area contributed by atoms with Crippen LogP contribution in [-0.2, 0) is 15.0 Å². The number of carbonyl (C=O) groups is 1. The normalized spacial score (nSPS) is 28.8.